The van der Waals surface area contributed by atoms with Crippen LogP contribution >= 0.6 is 0 Å². The maximum atomic E-state index is 6.16. The van der Waals surface area contributed by atoms with Crippen LogP contribution in [0, 0.1) is 6.92 Å². The molecule has 17 heavy (non-hydrogen) atoms. The van der Waals surface area contributed by atoms with Crippen molar-refractivity contribution < 1.29 is 21.4 Å². The van der Waals surface area contributed by atoms with Gasteiger partial charge in [-0.25, -0.2) is 0 Å². The van der Waals surface area contributed by atoms with Gasteiger partial charge in [-0.3, -0.25) is 0 Å². The van der Waals surface area contributed by atoms with Gasteiger partial charge >= 0.3 is 23.1 Å². The minimum Gasteiger partial charge on any atom is -1.00 e. The molecule has 0 aromatic heterocycles. The molecule has 92 valence electrons. The molecule has 1 aromatic rings. The molecule has 0 amide bonds. The van der Waals surface area contributed by atoms with Crippen molar-refractivity contribution in [3.05, 3.63) is 37.3 Å². The molecular weight excluding hydrogens is 304 g/mol. The number of halogens is 1. The Bertz CT molecular complexity index is 295. The fraction of sp³-hybridized carbons (Fsp3) is 0.462. The van der Waals surface area contributed by atoms with Crippen LogP contribution < -0.4 is 22.2 Å². The third-order valence-electron chi connectivity index (χ3n) is 2.53. The van der Waals surface area contributed by atoms with E-state index in [-0.39, 0.29) is 40.0 Å². The normalized spacial score (nSPS) is 13.5. The van der Waals surface area contributed by atoms with Crippen LogP contribution in [0.1, 0.15) is 20.3 Å². The number of hydrogen-bond acceptors (Lipinski definition) is 1. The molecule has 1 atom stereocenters. The van der Waals surface area contributed by atoms with Gasteiger partial charge in [0.2, 0.25) is 8.32 Å². The SMILES string of the molecule is [Br-].[CH2-]CC[Si](C)(OC(C)C)c1ccccc1.[Mg+2]. The zero-order valence-electron chi connectivity index (χ0n) is 11.1. The molecule has 0 heterocycles. The predicted molar refractivity (Wildman–Crippen MR) is 74.5 cm³/mol. The van der Waals surface area contributed by atoms with Crippen molar-refractivity contribution in [2.24, 2.45) is 0 Å². The van der Waals surface area contributed by atoms with Crippen molar-refractivity contribution >= 4 is 36.6 Å². The van der Waals surface area contributed by atoms with Crippen LogP contribution in [-0.4, -0.2) is 37.5 Å². The van der Waals surface area contributed by atoms with Gasteiger partial charge in [0.25, 0.3) is 0 Å². The van der Waals surface area contributed by atoms with E-state index in [0.29, 0.717) is 6.10 Å². The van der Waals surface area contributed by atoms with Crippen molar-refractivity contribution in [1.82, 2.24) is 0 Å². The fourth-order valence-corrected chi connectivity index (χ4v) is 5.07. The molecule has 1 rings (SSSR count). The maximum absolute atomic E-state index is 6.16. The third kappa shape index (κ3) is 6.38. The molecule has 0 aliphatic heterocycles. The molecule has 0 saturated heterocycles. The van der Waals surface area contributed by atoms with Gasteiger partial charge in [-0.05, 0) is 25.6 Å². The largest absolute Gasteiger partial charge is 2.00 e. The Balaban J connectivity index is 0. The summed E-state index contributed by atoms with van der Waals surface area (Å²) in [5.74, 6) is 0. The predicted octanol–water partition coefficient (Wildman–Crippen LogP) is -0.259. The zero-order valence-corrected chi connectivity index (χ0v) is 15.1. The molecule has 0 bridgehead atoms. The van der Waals surface area contributed by atoms with Crippen LogP contribution in [0.5, 0.6) is 0 Å². The molecule has 1 unspecified atom stereocenters. The summed E-state index contributed by atoms with van der Waals surface area (Å²) in [7, 11) is -1.75. The average molecular weight is 326 g/mol. The van der Waals surface area contributed by atoms with E-state index in [1.807, 2.05) is 0 Å². The minimum atomic E-state index is -1.75. The van der Waals surface area contributed by atoms with Crippen LogP contribution in [-0.2, 0) is 4.43 Å². The van der Waals surface area contributed by atoms with E-state index < -0.39 is 8.32 Å². The van der Waals surface area contributed by atoms with Crippen LogP contribution in [0.4, 0.5) is 0 Å². The summed E-state index contributed by atoms with van der Waals surface area (Å²) in [6.45, 7) is 10.5. The van der Waals surface area contributed by atoms with Crippen molar-refractivity contribution in [3.8, 4) is 0 Å². The van der Waals surface area contributed by atoms with Gasteiger partial charge in [0.05, 0.1) is 0 Å². The quantitative estimate of drug-likeness (QED) is 0.535. The summed E-state index contributed by atoms with van der Waals surface area (Å²) < 4.78 is 6.16. The molecule has 0 radical (unpaired) electrons. The van der Waals surface area contributed by atoms with Gasteiger partial charge in [0, 0.05) is 6.10 Å². The van der Waals surface area contributed by atoms with E-state index in [1.54, 1.807) is 0 Å². The molecule has 0 saturated carbocycles. The summed E-state index contributed by atoms with van der Waals surface area (Å²) in [6, 6.07) is 11.7. The fourth-order valence-electron chi connectivity index (χ4n) is 1.92. The maximum Gasteiger partial charge on any atom is 2.00 e. The van der Waals surface area contributed by atoms with Crippen molar-refractivity contribution in [3.63, 3.8) is 0 Å². The molecule has 0 N–H and O–H groups in total. The van der Waals surface area contributed by atoms with E-state index in [0.717, 1.165) is 12.5 Å². The number of hydrogen-bond donors (Lipinski definition) is 0. The molecule has 0 aliphatic rings. The van der Waals surface area contributed by atoms with E-state index in [1.165, 1.54) is 5.19 Å². The van der Waals surface area contributed by atoms with Gasteiger partial charge < -0.3 is 28.3 Å². The Hall–Kier alpha value is 0.643. The van der Waals surface area contributed by atoms with Gasteiger partial charge in [-0.15, -0.1) is 0 Å². The molecule has 1 nitrogen and oxygen atoms in total. The van der Waals surface area contributed by atoms with E-state index in [2.05, 4.69) is 57.7 Å². The average Bonchev–Trinajstić information content (AvgIpc) is 2.18. The molecule has 0 aliphatic carbocycles. The van der Waals surface area contributed by atoms with Crippen LogP contribution in [0.3, 0.4) is 0 Å². The second kappa shape index (κ2) is 9.56. The molecule has 4 heteroatoms. The van der Waals surface area contributed by atoms with Crippen molar-refractivity contribution in [2.75, 3.05) is 0 Å². The molecular formula is C13H21BrMgOSi. The topological polar surface area (TPSA) is 9.23 Å². The van der Waals surface area contributed by atoms with Gasteiger partial charge in [-0.1, -0.05) is 36.4 Å². The molecule has 0 spiro atoms. The third-order valence-corrected chi connectivity index (χ3v) is 6.39. The molecule has 0 fully saturated rings. The van der Waals surface area contributed by atoms with Gasteiger partial charge in [0.1, 0.15) is 0 Å². The summed E-state index contributed by atoms with van der Waals surface area (Å²) >= 11 is 0. The Kier molecular flexibility index (Phi) is 11.2. The summed E-state index contributed by atoms with van der Waals surface area (Å²) in [4.78, 5) is 0. The summed E-state index contributed by atoms with van der Waals surface area (Å²) in [5, 5.41) is 1.38. The van der Waals surface area contributed by atoms with Crippen LogP contribution in [0.2, 0.25) is 12.6 Å². The van der Waals surface area contributed by atoms with E-state index in [9.17, 15) is 0 Å². The first-order chi connectivity index (χ1) is 7.08. The Morgan fingerprint density at radius 1 is 1.24 bits per heavy atom. The Morgan fingerprint density at radius 3 is 2.18 bits per heavy atom. The molecule has 1 aromatic carbocycles. The van der Waals surface area contributed by atoms with Gasteiger partial charge in [0.15, 0.2) is 0 Å². The van der Waals surface area contributed by atoms with Crippen LogP contribution in [0.25, 0.3) is 0 Å². The monoisotopic (exact) mass is 324 g/mol. The van der Waals surface area contributed by atoms with E-state index in [4.69, 9.17) is 4.43 Å². The van der Waals surface area contributed by atoms with Crippen molar-refractivity contribution in [1.29, 1.82) is 0 Å². The Morgan fingerprint density at radius 2 is 1.76 bits per heavy atom. The second-order valence-corrected chi connectivity index (χ2v) is 8.14. The number of rotatable bonds is 5. The van der Waals surface area contributed by atoms with Crippen molar-refractivity contribution in [2.45, 2.75) is 39.0 Å². The number of benzene rings is 1. The first kappa shape index (κ1) is 20.0. The smallest absolute Gasteiger partial charge is 1.00 e. The van der Waals surface area contributed by atoms with Gasteiger partial charge in [-0.2, -0.15) is 6.42 Å². The first-order valence-corrected chi connectivity index (χ1v) is 8.22. The zero-order chi connectivity index (χ0) is 11.3. The Labute approximate surface area is 133 Å². The minimum absolute atomic E-state index is 0. The summed E-state index contributed by atoms with van der Waals surface area (Å²) in [5.41, 5.74) is 0. The van der Waals surface area contributed by atoms with E-state index >= 15 is 0 Å². The summed E-state index contributed by atoms with van der Waals surface area (Å²) in [6.07, 6.45) is 1.25. The second-order valence-electron chi connectivity index (χ2n) is 4.37. The first-order valence-electron chi connectivity index (χ1n) is 5.61. The standard InChI is InChI=1S/C13H21OSi.BrH.Mg/c1-5-11-15(4,14-12(2)3)13-9-7-6-8-10-13;;/h6-10,12H,1,5,11H2,2-4H3;1H;/q-1;;+2/p-1. The van der Waals surface area contributed by atoms with Crippen LogP contribution in [0.15, 0.2) is 30.3 Å².